The number of amides is 1. The smallest absolute Gasteiger partial charge is 0.252 e. The average molecular weight is 535 g/mol. The van der Waals surface area contributed by atoms with Gasteiger partial charge in [-0.05, 0) is 62.9 Å². The Balaban J connectivity index is 1.63. The lowest BCUT2D eigenvalue weighted by Crippen LogP contribution is -2.59. The van der Waals surface area contributed by atoms with Crippen molar-refractivity contribution in [3.8, 4) is 0 Å². The van der Waals surface area contributed by atoms with Gasteiger partial charge < -0.3 is 10.2 Å². The SMILES string of the molecule is C=C(Cl)/C=C\C(=C/C)CN1CCC(N2CCN(c3ncc(C(=O)NC)cc3Cl)CC2CC(C)C)CC1. The second-order valence-corrected chi connectivity index (χ2v) is 11.1. The highest BCUT2D eigenvalue weighted by atomic mass is 35.5. The van der Waals surface area contributed by atoms with Crippen molar-refractivity contribution < 1.29 is 4.79 Å². The van der Waals surface area contributed by atoms with Crippen LogP contribution in [-0.4, -0.2) is 79.1 Å². The Morgan fingerprint density at radius 2 is 1.97 bits per heavy atom. The number of pyridine rings is 1. The van der Waals surface area contributed by atoms with E-state index in [1.54, 1.807) is 19.3 Å². The number of nitrogens with one attached hydrogen (secondary N) is 1. The molecular weight excluding hydrogens is 493 g/mol. The molecule has 1 amide bonds. The van der Waals surface area contributed by atoms with Gasteiger partial charge in [0.05, 0.1) is 10.6 Å². The van der Waals surface area contributed by atoms with Crippen molar-refractivity contribution in [2.24, 2.45) is 5.92 Å². The van der Waals surface area contributed by atoms with Crippen molar-refractivity contribution >= 4 is 34.9 Å². The Labute approximate surface area is 227 Å². The summed E-state index contributed by atoms with van der Waals surface area (Å²) in [5, 5.41) is 3.72. The minimum atomic E-state index is -0.174. The summed E-state index contributed by atoms with van der Waals surface area (Å²) in [6.45, 7) is 16.3. The number of nitrogens with zero attached hydrogens (tertiary/aromatic N) is 4. The maximum Gasteiger partial charge on any atom is 0.252 e. The van der Waals surface area contributed by atoms with E-state index in [1.807, 2.05) is 6.08 Å². The third kappa shape index (κ3) is 7.82. The molecule has 3 heterocycles. The summed E-state index contributed by atoms with van der Waals surface area (Å²) < 4.78 is 0. The van der Waals surface area contributed by atoms with Crippen LogP contribution in [0.4, 0.5) is 5.82 Å². The number of piperazine rings is 1. The molecule has 0 aromatic carbocycles. The van der Waals surface area contributed by atoms with Gasteiger partial charge in [-0.25, -0.2) is 4.98 Å². The number of piperidine rings is 1. The zero-order chi connectivity index (χ0) is 26.2. The lowest BCUT2D eigenvalue weighted by Gasteiger charge is -2.48. The van der Waals surface area contributed by atoms with E-state index < -0.39 is 0 Å². The van der Waals surface area contributed by atoms with E-state index in [-0.39, 0.29) is 5.91 Å². The molecule has 198 valence electrons. The first-order valence-corrected chi connectivity index (χ1v) is 13.8. The summed E-state index contributed by atoms with van der Waals surface area (Å²) in [5.74, 6) is 1.21. The van der Waals surface area contributed by atoms with Gasteiger partial charge in [0.15, 0.2) is 0 Å². The van der Waals surface area contributed by atoms with Crippen molar-refractivity contribution in [3.63, 3.8) is 0 Å². The number of hydrogen-bond donors (Lipinski definition) is 1. The number of carbonyl (C=O) groups excluding carboxylic acids is 1. The molecular formula is C28H41Cl2N5O. The first-order valence-electron chi connectivity index (χ1n) is 13.0. The van der Waals surface area contributed by atoms with E-state index in [0.717, 1.165) is 51.5 Å². The van der Waals surface area contributed by atoms with Crippen molar-refractivity contribution in [1.29, 1.82) is 0 Å². The Hall–Kier alpha value is -1.86. The second kappa shape index (κ2) is 13.6. The van der Waals surface area contributed by atoms with E-state index in [2.05, 4.69) is 64.5 Å². The standard InChI is InChI=1S/C28H41Cl2N5O/c1-6-22(8-7-21(4)29)18-33-11-9-24(10-12-33)35-14-13-34(19-25(35)15-20(2)3)27-26(30)16-23(17-32-27)28(36)31-5/h6-8,16-17,20,24-25H,4,9-15,18-19H2,1-3,5H3,(H,31,36)/b8-7-,22-6+. The fourth-order valence-electron chi connectivity index (χ4n) is 5.33. The van der Waals surface area contributed by atoms with Gasteiger partial charge in [0.2, 0.25) is 0 Å². The Bertz CT molecular complexity index is 969. The number of carbonyl (C=O) groups is 1. The lowest BCUT2D eigenvalue weighted by molar-refractivity contribution is 0.0589. The van der Waals surface area contributed by atoms with Crippen LogP contribution in [0.1, 0.15) is 50.4 Å². The first kappa shape index (κ1) is 28.7. The molecule has 1 N–H and O–H groups in total. The van der Waals surface area contributed by atoms with Crippen LogP contribution in [-0.2, 0) is 0 Å². The van der Waals surface area contributed by atoms with Crippen molar-refractivity contribution in [2.75, 3.05) is 51.2 Å². The molecule has 1 aromatic heterocycles. The number of rotatable bonds is 9. The number of halogens is 2. The third-order valence-electron chi connectivity index (χ3n) is 7.16. The van der Waals surface area contributed by atoms with Crippen LogP contribution in [0.2, 0.25) is 5.02 Å². The van der Waals surface area contributed by atoms with Crippen molar-refractivity contribution in [2.45, 2.75) is 52.1 Å². The van der Waals surface area contributed by atoms with Crippen LogP contribution in [0.3, 0.4) is 0 Å². The molecule has 6 nitrogen and oxygen atoms in total. The predicted octanol–water partition coefficient (Wildman–Crippen LogP) is 5.35. The molecule has 0 saturated carbocycles. The largest absolute Gasteiger partial charge is 0.355 e. The first-order chi connectivity index (χ1) is 17.2. The minimum Gasteiger partial charge on any atom is -0.355 e. The fourth-order valence-corrected chi connectivity index (χ4v) is 5.68. The van der Waals surface area contributed by atoms with E-state index in [0.29, 0.717) is 33.6 Å². The summed E-state index contributed by atoms with van der Waals surface area (Å²) in [6, 6.07) is 2.77. The second-order valence-electron chi connectivity index (χ2n) is 10.2. The molecule has 2 aliphatic rings. The van der Waals surface area contributed by atoms with Crippen molar-refractivity contribution in [1.82, 2.24) is 20.1 Å². The lowest BCUT2D eigenvalue weighted by atomic mass is 9.94. The molecule has 1 atom stereocenters. The Kier molecular flexibility index (Phi) is 10.9. The number of hydrogen-bond acceptors (Lipinski definition) is 5. The highest BCUT2D eigenvalue weighted by Gasteiger charge is 2.35. The molecule has 2 aliphatic heterocycles. The highest BCUT2D eigenvalue weighted by Crippen LogP contribution is 2.30. The molecule has 2 saturated heterocycles. The normalized spacial score (nSPS) is 20.9. The molecule has 0 radical (unpaired) electrons. The molecule has 8 heteroatoms. The van der Waals surface area contributed by atoms with E-state index in [4.69, 9.17) is 23.2 Å². The molecule has 1 aromatic rings. The summed E-state index contributed by atoms with van der Waals surface area (Å²) in [5.41, 5.74) is 1.76. The molecule has 3 rings (SSSR count). The van der Waals surface area contributed by atoms with Crippen molar-refractivity contribution in [3.05, 3.63) is 58.3 Å². The van der Waals surface area contributed by atoms with E-state index >= 15 is 0 Å². The molecule has 0 bridgehead atoms. The summed E-state index contributed by atoms with van der Waals surface area (Å²) in [6.07, 6.45) is 11.2. The number of allylic oxidation sites excluding steroid dienone is 3. The van der Waals surface area contributed by atoms with Gasteiger partial charge in [0.25, 0.3) is 5.91 Å². The van der Waals surface area contributed by atoms with Gasteiger partial charge in [-0.15, -0.1) is 0 Å². The molecule has 1 unspecified atom stereocenters. The summed E-state index contributed by atoms with van der Waals surface area (Å²) in [7, 11) is 1.61. The number of anilines is 1. The number of aromatic nitrogens is 1. The topological polar surface area (TPSA) is 51.7 Å². The molecule has 0 spiro atoms. The Morgan fingerprint density at radius 3 is 2.56 bits per heavy atom. The molecule has 36 heavy (non-hydrogen) atoms. The predicted molar refractivity (Wildman–Crippen MR) is 152 cm³/mol. The van der Waals surface area contributed by atoms with Crippen LogP contribution in [0.15, 0.2) is 47.7 Å². The maximum atomic E-state index is 12.0. The summed E-state index contributed by atoms with van der Waals surface area (Å²) in [4.78, 5) is 24.1. The van der Waals surface area contributed by atoms with Gasteiger partial charge >= 0.3 is 0 Å². The van der Waals surface area contributed by atoms with E-state index in [1.165, 1.54) is 18.4 Å². The Morgan fingerprint density at radius 1 is 1.25 bits per heavy atom. The molecule has 2 fully saturated rings. The zero-order valence-electron chi connectivity index (χ0n) is 22.1. The minimum absolute atomic E-state index is 0.174. The average Bonchev–Trinajstić information content (AvgIpc) is 2.86. The van der Waals surface area contributed by atoms with Gasteiger partial charge in [0, 0.05) is 56.5 Å². The fraction of sp³-hybridized carbons (Fsp3) is 0.571. The van der Waals surface area contributed by atoms with Crippen LogP contribution in [0.25, 0.3) is 0 Å². The van der Waals surface area contributed by atoms with E-state index in [9.17, 15) is 4.79 Å². The number of likely N-dealkylation sites (tertiary alicyclic amines) is 1. The van der Waals surface area contributed by atoms with Gasteiger partial charge in [-0.1, -0.05) is 55.8 Å². The maximum absolute atomic E-state index is 12.0. The quantitative estimate of drug-likeness (QED) is 0.433. The van der Waals surface area contributed by atoms with Crippen LogP contribution in [0, 0.1) is 5.92 Å². The van der Waals surface area contributed by atoms with Gasteiger partial charge in [-0.3, -0.25) is 14.6 Å². The van der Waals surface area contributed by atoms with Gasteiger partial charge in [0.1, 0.15) is 5.82 Å². The molecule has 0 aliphatic carbocycles. The third-order valence-corrected chi connectivity index (χ3v) is 7.57. The van der Waals surface area contributed by atoms with Gasteiger partial charge in [-0.2, -0.15) is 0 Å². The van der Waals surface area contributed by atoms with Crippen LogP contribution < -0.4 is 10.2 Å². The zero-order valence-corrected chi connectivity index (χ0v) is 23.7. The summed E-state index contributed by atoms with van der Waals surface area (Å²) >= 11 is 12.5. The monoisotopic (exact) mass is 533 g/mol. The highest BCUT2D eigenvalue weighted by molar-refractivity contribution is 6.33. The van der Waals surface area contributed by atoms with Crippen LogP contribution in [0.5, 0.6) is 0 Å². The van der Waals surface area contributed by atoms with Crippen LogP contribution >= 0.6 is 23.2 Å².